The summed E-state index contributed by atoms with van der Waals surface area (Å²) in [5.41, 5.74) is 1.49. The number of benzene rings is 1. The van der Waals surface area contributed by atoms with E-state index in [4.69, 9.17) is 11.6 Å². The third-order valence-corrected chi connectivity index (χ3v) is 5.56. The molecule has 1 aromatic heterocycles. The Bertz CT molecular complexity index is 513. The molecule has 0 spiro atoms. The van der Waals surface area contributed by atoms with Gasteiger partial charge in [-0.3, -0.25) is 0 Å². The molecule has 18 heavy (non-hydrogen) atoms. The van der Waals surface area contributed by atoms with Gasteiger partial charge in [0.2, 0.25) is 0 Å². The average molecular weight is 296 g/mol. The molecule has 0 aliphatic carbocycles. The molecule has 3 rings (SSSR count). The van der Waals surface area contributed by atoms with Crippen LogP contribution in [0, 0.1) is 0 Å². The van der Waals surface area contributed by atoms with Crippen LogP contribution in [0.2, 0.25) is 4.34 Å². The third-order valence-electron chi connectivity index (χ3n) is 3.01. The minimum absolute atomic E-state index is 0.665. The Morgan fingerprint density at radius 3 is 2.89 bits per heavy atom. The Hall–Kier alpha value is -0.480. The highest BCUT2D eigenvalue weighted by Crippen LogP contribution is 2.36. The number of thiophene rings is 1. The Labute approximate surface area is 121 Å². The summed E-state index contributed by atoms with van der Waals surface area (Å²) in [6.45, 7) is 1.97. The van der Waals surface area contributed by atoms with E-state index >= 15 is 0 Å². The predicted molar refractivity (Wildman–Crippen MR) is 80.8 cm³/mol. The van der Waals surface area contributed by atoms with Crippen LogP contribution in [0.25, 0.3) is 0 Å². The van der Waals surface area contributed by atoms with Gasteiger partial charge in [-0.25, -0.2) is 0 Å². The third kappa shape index (κ3) is 2.91. The Morgan fingerprint density at radius 2 is 2.11 bits per heavy atom. The van der Waals surface area contributed by atoms with Gasteiger partial charge in [-0.15, -0.1) is 23.1 Å². The number of halogens is 1. The summed E-state index contributed by atoms with van der Waals surface area (Å²) >= 11 is 9.56. The number of thioether (sulfide) groups is 1. The van der Waals surface area contributed by atoms with E-state index in [1.165, 1.54) is 21.8 Å². The van der Waals surface area contributed by atoms with Crippen molar-refractivity contribution in [1.29, 1.82) is 0 Å². The molecule has 0 fully saturated rings. The minimum Gasteiger partial charge on any atom is -0.311 e. The molecule has 1 aliphatic rings. The highest BCUT2D eigenvalue weighted by molar-refractivity contribution is 8.00. The molecule has 0 saturated heterocycles. The van der Waals surface area contributed by atoms with Crippen molar-refractivity contribution < 1.29 is 0 Å². The summed E-state index contributed by atoms with van der Waals surface area (Å²) in [5.74, 6) is 0. The lowest BCUT2D eigenvalue weighted by Crippen LogP contribution is -2.23. The lowest BCUT2D eigenvalue weighted by atomic mass is 10.1. The zero-order valence-electron chi connectivity index (χ0n) is 9.86. The average Bonchev–Trinajstić information content (AvgIpc) is 2.95. The van der Waals surface area contributed by atoms with E-state index in [9.17, 15) is 0 Å². The quantitative estimate of drug-likeness (QED) is 0.907. The second kappa shape index (κ2) is 5.66. The molecule has 94 valence electrons. The van der Waals surface area contributed by atoms with Crippen LogP contribution in [0.5, 0.6) is 0 Å². The van der Waals surface area contributed by atoms with Gasteiger partial charge in [-0.1, -0.05) is 29.8 Å². The second-order valence-electron chi connectivity index (χ2n) is 4.39. The first kappa shape index (κ1) is 12.5. The molecular weight excluding hydrogens is 282 g/mol. The molecule has 0 radical (unpaired) electrons. The monoisotopic (exact) mass is 295 g/mol. The largest absolute Gasteiger partial charge is 0.311 e. The standard InChI is InChI=1S/C14H14ClNS2/c15-14-6-5-11(18-14)8-16-9-12-7-10-3-1-2-4-13(10)17-12/h1-6,12,16H,7-9H2. The zero-order valence-corrected chi connectivity index (χ0v) is 12.2. The molecule has 0 bridgehead atoms. The molecule has 2 aromatic rings. The van der Waals surface area contributed by atoms with E-state index in [1.807, 2.05) is 17.8 Å². The predicted octanol–water partition coefficient (Wildman–Crippen LogP) is 4.21. The van der Waals surface area contributed by atoms with E-state index < -0.39 is 0 Å². The van der Waals surface area contributed by atoms with Gasteiger partial charge in [0, 0.05) is 28.1 Å². The maximum absolute atomic E-state index is 5.91. The summed E-state index contributed by atoms with van der Waals surface area (Å²) in [7, 11) is 0. The Balaban J connectivity index is 1.48. The molecule has 1 nitrogen and oxygen atoms in total. The first-order chi connectivity index (χ1) is 8.81. The Morgan fingerprint density at radius 1 is 1.22 bits per heavy atom. The minimum atomic E-state index is 0.665. The van der Waals surface area contributed by atoms with Crippen LogP contribution in [0.15, 0.2) is 41.3 Å². The number of rotatable bonds is 4. The van der Waals surface area contributed by atoms with Crippen molar-refractivity contribution in [1.82, 2.24) is 5.32 Å². The number of fused-ring (bicyclic) bond motifs is 1. The number of hydrogen-bond acceptors (Lipinski definition) is 3. The Kier molecular flexibility index (Phi) is 3.94. The molecule has 1 unspecified atom stereocenters. The smallest absolute Gasteiger partial charge is 0.0931 e. The summed E-state index contributed by atoms with van der Waals surface area (Å²) in [6.07, 6.45) is 1.18. The fourth-order valence-corrected chi connectivity index (χ4v) is 4.51. The van der Waals surface area contributed by atoms with Crippen molar-refractivity contribution in [3.05, 3.63) is 51.2 Å². The van der Waals surface area contributed by atoms with Gasteiger partial charge in [-0.05, 0) is 30.2 Å². The molecule has 0 amide bonds. The number of nitrogens with one attached hydrogen (secondary N) is 1. The molecule has 1 N–H and O–H groups in total. The van der Waals surface area contributed by atoms with E-state index in [-0.39, 0.29) is 0 Å². The summed E-state index contributed by atoms with van der Waals surface area (Å²) in [4.78, 5) is 2.75. The van der Waals surface area contributed by atoms with Crippen molar-refractivity contribution in [3.8, 4) is 0 Å². The van der Waals surface area contributed by atoms with Crippen LogP contribution in [0.4, 0.5) is 0 Å². The number of hydrogen-bond donors (Lipinski definition) is 1. The highest BCUT2D eigenvalue weighted by Gasteiger charge is 2.20. The van der Waals surface area contributed by atoms with Gasteiger partial charge in [0.05, 0.1) is 4.34 Å². The first-order valence-electron chi connectivity index (χ1n) is 6.01. The van der Waals surface area contributed by atoms with Gasteiger partial charge in [0.15, 0.2) is 0 Å². The van der Waals surface area contributed by atoms with E-state index in [1.54, 1.807) is 11.3 Å². The molecule has 2 heterocycles. The van der Waals surface area contributed by atoms with Crippen molar-refractivity contribution in [3.63, 3.8) is 0 Å². The molecule has 1 aromatic carbocycles. The van der Waals surface area contributed by atoms with Crippen LogP contribution in [0.3, 0.4) is 0 Å². The second-order valence-corrected chi connectivity index (χ2v) is 7.53. The first-order valence-corrected chi connectivity index (χ1v) is 8.08. The normalized spacial score (nSPS) is 17.9. The van der Waals surface area contributed by atoms with Crippen LogP contribution in [-0.4, -0.2) is 11.8 Å². The summed E-state index contributed by atoms with van der Waals surface area (Å²) in [6, 6.07) is 12.8. The van der Waals surface area contributed by atoms with Gasteiger partial charge in [-0.2, -0.15) is 0 Å². The summed E-state index contributed by atoms with van der Waals surface area (Å²) < 4.78 is 0.870. The fourth-order valence-electron chi connectivity index (χ4n) is 2.17. The van der Waals surface area contributed by atoms with Crippen LogP contribution in [0.1, 0.15) is 10.4 Å². The van der Waals surface area contributed by atoms with Gasteiger partial charge in [0.25, 0.3) is 0 Å². The highest BCUT2D eigenvalue weighted by atomic mass is 35.5. The van der Waals surface area contributed by atoms with Crippen molar-refractivity contribution in [2.24, 2.45) is 0 Å². The van der Waals surface area contributed by atoms with E-state index in [0.717, 1.165) is 17.4 Å². The van der Waals surface area contributed by atoms with Crippen LogP contribution < -0.4 is 5.32 Å². The maximum Gasteiger partial charge on any atom is 0.0931 e. The van der Waals surface area contributed by atoms with Gasteiger partial charge in [0.1, 0.15) is 0 Å². The lowest BCUT2D eigenvalue weighted by molar-refractivity contribution is 0.670. The zero-order chi connectivity index (χ0) is 12.4. The lowest BCUT2D eigenvalue weighted by Gasteiger charge is -2.09. The molecular formula is C14H14ClNS2. The van der Waals surface area contributed by atoms with Gasteiger partial charge >= 0.3 is 0 Å². The molecule has 4 heteroatoms. The van der Waals surface area contributed by atoms with E-state index in [0.29, 0.717) is 5.25 Å². The van der Waals surface area contributed by atoms with Crippen LogP contribution in [-0.2, 0) is 13.0 Å². The molecule has 1 aliphatic heterocycles. The van der Waals surface area contributed by atoms with Crippen LogP contribution >= 0.6 is 34.7 Å². The van der Waals surface area contributed by atoms with Crippen molar-refractivity contribution >= 4 is 34.7 Å². The topological polar surface area (TPSA) is 12.0 Å². The molecule has 0 saturated carbocycles. The summed E-state index contributed by atoms with van der Waals surface area (Å²) in [5, 5.41) is 4.19. The van der Waals surface area contributed by atoms with E-state index in [2.05, 4.69) is 35.6 Å². The fraction of sp³-hybridized carbons (Fsp3) is 0.286. The van der Waals surface area contributed by atoms with Crippen molar-refractivity contribution in [2.75, 3.05) is 6.54 Å². The van der Waals surface area contributed by atoms with Gasteiger partial charge < -0.3 is 5.32 Å². The van der Waals surface area contributed by atoms with Crippen molar-refractivity contribution in [2.45, 2.75) is 23.1 Å². The molecule has 1 atom stereocenters. The maximum atomic E-state index is 5.91. The SMILES string of the molecule is Clc1ccc(CNCC2Cc3ccccc3S2)s1.